The Morgan fingerprint density at radius 1 is 1.48 bits per heavy atom. The minimum Gasteiger partial charge on any atom is -0.443 e. The summed E-state index contributed by atoms with van der Waals surface area (Å²) in [6.07, 6.45) is 4.96. The molecule has 0 aromatic carbocycles. The van der Waals surface area contributed by atoms with Crippen molar-refractivity contribution in [1.29, 1.82) is 0 Å². The number of rotatable bonds is 3. The molecule has 0 saturated heterocycles. The van der Waals surface area contributed by atoms with E-state index in [1.165, 1.54) is 10.4 Å². The predicted octanol–water partition coefficient (Wildman–Crippen LogP) is 3.91. The molecule has 2 amide bonds. The first-order valence-electron chi connectivity index (χ1n) is 7.99. The number of carbonyl (C=O) groups is 1. The highest BCUT2D eigenvalue weighted by Gasteiger charge is 2.23. The maximum atomic E-state index is 12.1. The lowest BCUT2D eigenvalue weighted by Crippen LogP contribution is -2.38. The van der Waals surface area contributed by atoms with E-state index in [4.69, 9.17) is 4.42 Å². The molecule has 2 N–H and O–H groups in total. The maximum absolute atomic E-state index is 12.1. The standard InChI is InChI=1S/C17H23N3O2S/c1-17(2,3)14-9-18-15(22-14)10-19-16(21)20-12-5-4-6-13-11(12)7-8-23-13/h7-9,12H,4-6,10H2,1-3H3,(H2,19,20,21). The number of amides is 2. The molecule has 6 heteroatoms. The van der Waals surface area contributed by atoms with Gasteiger partial charge in [-0.2, -0.15) is 0 Å². The van der Waals surface area contributed by atoms with E-state index in [1.54, 1.807) is 17.5 Å². The molecule has 2 aromatic heterocycles. The van der Waals surface area contributed by atoms with Gasteiger partial charge in [0, 0.05) is 10.3 Å². The lowest BCUT2D eigenvalue weighted by molar-refractivity contribution is 0.233. The zero-order chi connectivity index (χ0) is 16.4. The van der Waals surface area contributed by atoms with Crippen LogP contribution >= 0.6 is 11.3 Å². The number of urea groups is 1. The zero-order valence-corrected chi connectivity index (χ0v) is 14.6. The third-order valence-electron chi connectivity index (χ3n) is 4.05. The molecule has 124 valence electrons. The largest absolute Gasteiger partial charge is 0.443 e. The highest BCUT2D eigenvalue weighted by atomic mass is 32.1. The molecule has 2 aromatic rings. The number of hydrogen-bond donors (Lipinski definition) is 2. The molecule has 23 heavy (non-hydrogen) atoms. The van der Waals surface area contributed by atoms with E-state index in [9.17, 15) is 4.79 Å². The molecule has 3 rings (SSSR count). The summed E-state index contributed by atoms with van der Waals surface area (Å²) in [6, 6.07) is 2.05. The van der Waals surface area contributed by atoms with Gasteiger partial charge in [0.25, 0.3) is 0 Å². The van der Waals surface area contributed by atoms with Gasteiger partial charge in [0.1, 0.15) is 5.76 Å². The van der Waals surface area contributed by atoms with E-state index in [0.717, 1.165) is 25.0 Å². The first kappa shape index (κ1) is 16.1. The summed E-state index contributed by atoms with van der Waals surface area (Å²) in [6.45, 7) is 6.50. The van der Waals surface area contributed by atoms with E-state index in [1.807, 2.05) is 0 Å². The summed E-state index contributed by atoms with van der Waals surface area (Å²) in [5, 5.41) is 7.99. The first-order chi connectivity index (χ1) is 10.9. The summed E-state index contributed by atoms with van der Waals surface area (Å²) >= 11 is 1.77. The maximum Gasteiger partial charge on any atom is 0.315 e. The number of aryl methyl sites for hydroxylation is 1. The highest BCUT2D eigenvalue weighted by Crippen LogP contribution is 2.33. The van der Waals surface area contributed by atoms with Gasteiger partial charge in [-0.3, -0.25) is 0 Å². The van der Waals surface area contributed by atoms with Crippen molar-refractivity contribution < 1.29 is 9.21 Å². The Morgan fingerprint density at radius 2 is 2.30 bits per heavy atom. The molecule has 2 heterocycles. The van der Waals surface area contributed by atoms with E-state index in [2.05, 4.69) is 47.8 Å². The second-order valence-corrected chi connectivity index (χ2v) is 7.94. The van der Waals surface area contributed by atoms with Crippen molar-refractivity contribution in [3.63, 3.8) is 0 Å². The molecular weight excluding hydrogens is 310 g/mol. The van der Waals surface area contributed by atoms with Crippen LogP contribution < -0.4 is 10.6 Å². The van der Waals surface area contributed by atoms with Gasteiger partial charge < -0.3 is 15.1 Å². The van der Waals surface area contributed by atoms with Gasteiger partial charge in [0.2, 0.25) is 5.89 Å². The van der Waals surface area contributed by atoms with Crippen molar-refractivity contribution in [2.75, 3.05) is 0 Å². The van der Waals surface area contributed by atoms with Crippen molar-refractivity contribution in [2.45, 2.75) is 58.0 Å². The van der Waals surface area contributed by atoms with E-state index < -0.39 is 0 Å². The van der Waals surface area contributed by atoms with Crippen LogP contribution in [0.4, 0.5) is 4.79 Å². The van der Waals surface area contributed by atoms with Crippen molar-refractivity contribution >= 4 is 17.4 Å². The van der Waals surface area contributed by atoms with Crippen molar-refractivity contribution in [3.05, 3.63) is 39.7 Å². The van der Waals surface area contributed by atoms with Crippen LogP contribution in [0.2, 0.25) is 0 Å². The van der Waals surface area contributed by atoms with Gasteiger partial charge in [0.05, 0.1) is 18.8 Å². The lowest BCUT2D eigenvalue weighted by Gasteiger charge is -2.23. The number of oxazole rings is 1. The second kappa shape index (κ2) is 6.35. The monoisotopic (exact) mass is 333 g/mol. The van der Waals surface area contributed by atoms with E-state index in [-0.39, 0.29) is 17.5 Å². The number of nitrogens with one attached hydrogen (secondary N) is 2. The van der Waals surface area contributed by atoms with Crippen LogP contribution in [-0.2, 0) is 18.4 Å². The molecule has 1 aliphatic carbocycles. The fraction of sp³-hybridized carbons (Fsp3) is 0.529. The van der Waals surface area contributed by atoms with Crippen molar-refractivity contribution in [2.24, 2.45) is 0 Å². The molecule has 0 spiro atoms. The molecule has 5 nitrogen and oxygen atoms in total. The van der Waals surface area contributed by atoms with Gasteiger partial charge >= 0.3 is 6.03 Å². The van der Waals surface area contributed by atoms with Crippen LogP contribution in [0.5, 0.6) is 0 Å². The lowest BCUT2D eigenvalue weighted by atomic mass is 9.94. The molecule has 0 aliphatic heterocycles. The average Bonchev–Trinajstić information content (AvgIpc) is 3.14. The number of aromatic nitrogens is 1. The molecule has 1 atom stereocenters. The SMILES string of the molecule is CC(C)(C)c1cnc(CNC(=O)NC2CCCc3sccc32)o1. The quantitative estimate of drug-likeness (QED) is 0.895. The van der Waals surface area contributed by atoms with E-state index >= 15 is 0 Å². The highest BCUT2D eigenvalue weighted by molar-refractivity contribution is 7.10. The van der Waals surface area contributed by atoms with Gasteiger partial charge in [0.15, 0.2) is 0 Å². The molecule has 0 bridgehead atoms. The smallest absolute Gasteiger partial charge is 0.315 e. The third kappa shape index (κ3) is 3.75. The van der Waals surface area contributed by atoms with E-state index in [0.29, 0.717) is 12.4 Å². The minimum absolute atomic E-state index is 0.0784. The Balaban J connectivity index is 1.54. The summed E-state index contributed by atoms with van der Waals surface area (Å²) in [4.78, 5) is 17.7. The van der Waals surface area contributed by atoms with Crippen LogP contribution in [0.15, 0.2) is 22.1 Å². The Bertz CT molecular complexity index is 684. The van der Waals surface area contributed by atoms with Crippen LogP contribution in [0.25, 0.3) is 0 Å². The van der Waals surface area contributed by atoms with Crippen molar-refractivity contribution in [3.8, 4) is 0 Å². The van der Waals surface area contributed by atoms with Gasteiger partial charge in [-0.05, 0) is 36.3 Å². The first-order valence-corrected chi connectivity index (χ1v) is 8.87. The van der Waals surface area contributed by atoms with Crippen LogP contribution in [0.1, 0.15) is 61.7 Å². The Morgan fingerprint density at radius 3 is 3.04 bits per heavy atom. The third-order valence-corrected chi connectivity index (χ3v) is 5.05. The number of hydrogen-bond acceptors (Lipinski definition) is 4. The summed E-state index contributed by atoms with van der Waals surface area (Å²) in [5.41, 5.74) is 1.19. The molecule has 0 radical (unpaired) electrons. The number of thiophene rings is 1. The Hall–Kier alpha value is -1.82. The molecule has 1 aliphatic rings. The molecular formula is C17H23N3O2S. The zero-order valence-electron chi connectivity index (χ0n) is 13.8. The number of carbonyl (C=O) groups excluding carboxylic acids is 1. The molecule has 0 fully saturated rings. The molecule has 1 unspecified atom stereocenters. The minimum atomic E-state index is -0.176. The van der Waals surface area contributed by atoms with Gasteiger partial charge in [-0.25, -0.2) is 9.78 Å². The van der Waals surface area contributed by atoms with Crippen LogP contribution in [-0.4, -0.2) is 11.0 Å². The summed E-state index contributed by atoms with van der Waals surface area (Å²) < 4.78 is 5.68. The molecule has 0 saturated carbocycles. The van der Waals surface area contributed by atoms with Gasteiger partial charge in [-0.15, -0.1) is 11.3 Å². The number of nitrogens with zero attached hydrogens (tertiary/aromatic N) is 1. The van der Waals surface area contributed by atoms with Crippen LogP contribution in [0, 0.1) is 0 Å². The Labute approximate surface area is 140 Å². The summed E-state index contributed by atoms with van der Waals surface area (Å²) in [5.74, 6) is 1.36. The average molecular weight is 333 g/mol. The van der Waals surface area contributed by atoms with Crippen LogP contribution in [0.3, 0.4) is 0 Å². The number of fused-ring (bicyclic) bond motifs is 1. The fourth-order valence-electron chi connectivity index (χ4n) is 2.74. The second-order valence-electron chi connectivity index (χ2n) is 6.94. The fourth-order valence-corrected chi connectivity index (χ4v) is 3.73. The van der Waals surface area contributed by atoms with Gasteiger partial charge in [-0.1, -0.05) is 20.8 Å². The normalized spacial score (nSPS) is 17.6. The topological polar surface area (TPSA) is 67.2 Å². The van der Waals surface area contributed by atoms with Crippen molar-refractivity contribution in [1.82, 2.24) is 15.6 Å². The predicted molar refractivity (Wildman–Crippen MR) is 90.6 cm³/mol. The summed E-state index contributed by atoms with van der Waals surface area (Å²) in [7, 11) is 0. The Kier molecular flexibility index (Phi) is 4.43.